The summed E-state index contributed by atoms with van der Waals surface area (Å²) in [6.07, 6.45) is 1.72. The van der Waals surface area contributed by atoms with Gasteiger partial charge in [-0.05, 0) is 61.7 Å². The predicted molar refractivity (Wildman–Crippen MR) is 184 cm³/mol. The number of aromatic nitrogens is 2. The number of carboxylic acids is 1. The van der Waals surface area contributed by atoms with Gasteiger partial charge in [0.25, 0.3) is 5.91 Å². The molecule has 0 radical (unpaired) electrons. The minimum absolute atomic E-state index is 0.129. The van der Waals surface area contributed by atoms with E-state index in [1.165, 1.54) is 13.2 Å². The molecule has 50 heavy (non-hydrogen) atoms. The highest BCUT2D eigenvalue weighted by molar-refractivity contribution is 6.36. The smallest absolute Gasteiger partial charge is 0.307 e. The van der Waals surface area contributed by atoms with Crippen LogP contribution in [0.1, 0.15) is 57.6 Å². The van der Waals surface area contributed by atoms with Gasteiger partial charge in [-0.3, -0.25) is 14.5 Å². The van der Waals surface area contributed by atoms with Crippen molar-refractivity contribution in [1.29, 1.82) is 0 Å². The van der Waals surface area contributed by atoms with Crippen LogP contribution in [0.15, 0.2) is 42.5 Å². The maximum Gasteiger partial charge on any atom is 0.307 e. The van der Waals surface area contributed by atoms with Gasteiger partial charge in [0.15, 0.2) is 23.1 Å². The molecule has 0 spiro atoms. The fourth-order valence-corrected chi connectivity index (χ4v) is 7.78. The molecule has 2 atom stereocenters. The Kier molecular flexibility index (Phi) is 9.27. The summed E-state index contributed by atoms with van der Waals surface area (Å²) < 4.78 is 44.6. The summed E-state index contributed by atoms with van der Waals surface area (Å²) in [5.41, 5.74) is 5.95. The molecule has 13 heteroatoms. The van der Waals surface area contributed by atoms with Gasteiger partial charge in [0.05, 0.1) is 29.4 Å². The van der Waals surface area contributed by atoms with Gasteiger partial charge in [-0.25, -0.2) is 9.37 Å². The number of carboxylic acid groups (broad SMARTS) is 1. The molecule has 10 nitrogen and oxygen atoms in total. The van der Waals surface area contributed by atoms with Crippen LogP contribution in [-0.2, 0) is 37.8 Å². The van der Waals surface area contributed by atoms with Crippen LogP contribution < -0.4 is 14.8 Å². The van der Waals surface area contributed by atoms with Crippen LogP contribution in [0, 0.1) is 17.6 Å². The van der Waals surface area contributed by atoms with Crippen LogP contribution in [0.5, 0.6) is 11.5 Å². The van der Waals surface area contributed by atoms with Crippen molar-refractivity contribution in [3.63, 3.8) is 0 Å². The van der Waals surface area contributed by atoms with E-state index in [1.54, 1.807) is 6.07 Å². The first-order valence-corrected chi connectivity index (χ1v) is 17.0. The standard InChI is InChI=1S/C37H38ClF2N5O5/c1-43-14-13-29-28(19-43)41-35(44(29)2)36(46)42-27-9-5-8-25(31(27)38)22-6-4-7-24-23(22)10-11-30(24)50-34-26(39)16-21(33(49-3)32(34)40)18-45-15-12-20(17-45)37(47)48/h4-9,16,20,30H,10-15,17-19H2,1-3H3,(H,42,46)(H,47,48). The van der Waals surface area contributed by atoms with Gasteiger partial charge in [-0.1, -0.05) is 41.9 Å². The number of carbonyl (C=O) groups excluding carboxylic acids is 1. The van der Waals surface area contributed by atoms with Crippen molar-refractivity contribution in [2.45, 2.75) is 44.9 Å². The summed E-state index contributed by atoms with van der Waals surface area (Å²) in [7, 11) is 5.19. The minimum atomic E-state index is -0.937. The maximum absolute atomic E-state index is 15.8. The number of aliphatic carboxylic acids is 1. The molecule has 1 aliphatic carbocycles. The largest absolute Gasteiger partial charge is 0.493 e. The van der Waals surface area contributed by atoms with Crippen molar-refractivity contribution in [3.8, 4) is 22.6 Å². The highest BCUT2D eigenvalue weighted by atomic mass is 35.5. The van der Waals surface area contributed by atoms with E-state index in [4.69, 9.17) is 21.1 Å². The number of hydrogen-bond donors (Lipinski definition) is 2. The summed E-state index contributed by atoms with van der Waals surface area (Å²) >= 11 is 6.95. The SMILES string of the molecule is COc1c(CN2CCC(C(=O)O)C2)cc(F)c(OC2CCc3c(-c4cccc(NC(=O)c5nc6c(n5C)CCN(C)C6)c4Cl)cccc32)c1F. The van der Waals surface area contributed by atoms with E-state index < -0.39 is 35.4 Å². The first-order chi connectivity index (χ1) is 24.0. The number of methoxy groups -OCH3 is 1. The number of nitrogens with one attached hydrogen (secondary N) is 1. The lowest BCUT2D eigenvalue weighted by Crippen LogP contribution is -2.27. The number of likely N-dealkylation sites (tertiary alicyclic amines) is 1. The van der Waals surface area contributed by atoms with E-state index in [2.05, 4.69) is 15.2 Å². The molecule has 1 aromatic heterocycles. The summed E-state index contributed by atoms with van der Waals surface area (Å²) in [5.74, 6) is -3.88. The average Bonchev–Trinajstić information content (AvgIpc) is 3.81. The highest BCUT2D eigenvalue weighted by Gasteiger charge is 2.33. The van der Waals surface area contributed by atoms with Crippen molar-refractivity contribution in [2.24, 2.45) is 13.0 Å². The van der Waals surface area contributed by atoms with Crippen molar-refractivity contribution >= 4 is 29.2 Å². The maximum atomic E-state index is 15.8. The van der Waals surface area contributed by atoms with Crippen LogP contribution in [0.3, 0.4) is 0 Å². The first-order valence-electron chi connectivity index (χ1n) is 16.7. The van der Waals surface area contributed by atoms with Crippen LogP contribution in [0.2, 0.25) is 5.02 Å². The van der Waals surface area contributed by atoms with Gasteiger partial charge in [0, 0.05) is 56.5 Å². The fraction of sp³-hybridized carbons (Fsp3) is 0.378. The number of nitrogens with zero attached hydrogens (tertiary/aromatic N) is 4. The summed E-state index contributed by atoms with van der Waals surface area (Å²) in [5, 5.41) is 12.6. The average molecular weight is 706 g/mol. The van der Waals surface area contributed by atoms with Gasteiger partial charge < -0.3 is 29.4 Å². The molecule has 1 fully saturated rings. The van der Waals surface area contributed by atoms with E-state index in [9.17, 15) is 14.7 Å². The van der Waals surface area contributed by atoms with E-state index in [-0.39, 0.29) is 23.8 Å². The number of anilines is 1. The Morgan fingerprint density at radius 2 is 1.84 bits per heavy atom. The van der Waals surface area contributed by atoms with E-state index in [0.717, 1.165) is 41.0 Å². The molecule has 3 aromatic carbocycles. The van der Waals surface area contributed by atoms with Gasteiger partial charge in [-0.15, -0.1) is 0 Å². The van der Waals surface area contributed by atoms with Crippen LogP contribution in [-0.4, -0.2) is 70.1 Å². The third kappa shape index (κ3) is 6.20. The second-order valence-corrected chi connectivity index (χ2v) is 13.6. The number of imidazole rings is 1. The molecule has 3 aliphatic rings. The Hall–Kier alpha value is -4.52. The molecule has 1 amide bonds. The molecule has 2 unspecified atom stereocenters. The van der Waals surface area contributed by atoms with E-state index in [1.807, 2.05) is 53.9 Å². The van der Waals surface area contributed by atoms with Crippen LogP contribution in [0.4, 0.5) is 14.5 Å². The molecular formula is C37H38ClF2N5O5. The number of amides is 1. The molecule has 7 rings (SSSR count). The lowest BCUT2D eigenvalue weighted by molar-refractivity contribution is -0.141. The lowest BCUT2D eigenvalue weighted by atomic mass is 9.96. The Morgan fingerprint density at radius 1 is 1.06 bits per heavy atom. The fourth-order valence-electron chi connectivity index (χ4n) is 7.51. The molecule has 0 bridgehead atoms. The van der Waals surface area contributed by atoms with Crippen molar-refractivity contribution in [2.75, 3.05) is 39.1 Å². The molecule has 3 heterocycles. The quantitative estimate of drug-likeness (QED) is 0.211. The Bertz CT molecular complexity index is 2000. The lowest BCUT2D eigenvalue weighted by Gasteiger charge is -2.21. The molecular weight excluding hydrogens is 668 g/mol. The van der Waals surface area contributed by atoms with Crippen molar-refractivity contribution in [3.05, 3.63) is 93.0 Å². The zero-order chi connectivity index (χ0) is 35.3. The van der Waals surface area contributed by atoms with Crippen LogP contribution in [0.25, 0.3) is 11.1 Å². The second kappa shape index (κ2) is 13.7. The third-order valence-corrected chi connectivity index (χ3v) is 10.5. The van der Waals surface area contributed by atoms with Gasteiger partial charge in [-0.2, -0.15) is 4.39 Å². The molecule has 1 saturated heterocycles. The molecule has 262 valence electrons. The monoisotopic (exact) mass is 705 g/mol. The normalized spacial score (nSPS) is 18.9. The van der Waals surface area contributed by atoms with Gasteiger partial charge >= 0.3 is 5.97 Å². The third-order valence-electron chi connectivity index (χ3n) is 10.1. The zero-order valence-electron chi connectivity index (χ0n) is 28.1. The zero-order valence-corrected chi connectivity index (χ0v) is 28.8. The number of likely N-dealkylation sites (N-methyl/N-ethyl adjacent to an activating group) is 1. The number of benzene rings is 3. The predicted octanol–water partition coefficient (Wildman–Crippen LogP) is 6.24. The summed E-state index contributed by atoms with van der Waals surface area (Å²) in [4.78, 5) is 33.4. The summed E-state index contributed by atoms with van der Waals surface area (Å²) in [6.45, 7) is 2.54. The number of ether oxygens (including phenoxy) is 2. The van der Waals surface area contributed by atoms with Crippen LogP contribution >= 0.6 is 11.6 Å². The number of rotatable bonds is 9. The number of fused-ring (bicyclic) bond motifs is 2. The molecule has 4 aromatic rings. The van der Waals surface area contributed by atoms with Crippen molar-refractivity contribution < 1.29 is 33.0 Å². The topological polar surface area (TPSA) is 109 Å². The van der Waals surface area contributed by atoms with E-state index in [0.29, 0.717) is 61.0 Å². The minimum Gasteiger partial charge on any atom is -0.493 e. The Labute approximate surface area is 293 Å². The van der Waals surface area contributed by atoms with Gasteiger partial charge in [0.2, 0.25) is 5.82 Å². The van der Waals surface area contributed by atoms with Gasteiger partial charge in [0.1, 0.15) is 6.10 Å². The highest BCUT2D eigenvalue weighted by Crippen LogP contribution is 2.45. The number of carbonyl (C=O) groups is 2. The Balaban J connectivity index is 1.12. The number of hydrogen-bond acceptors (Lipinski definition) is 7. The molecule has 0 saturated carbocycles. The Morgan fingerprint density at radius 3 is 2.60 bits per heavy atom. The second-order valence-electron chi connectivity index (χ2n) is 13.3. The molecule has 2 aliphatic heterocycles. The number of halogens is 3. The van der Waals surface area contributed by atoms with Crippen molar-refractivity contribution in [1.82, 2.24) is 19.4 Å². The summed E-state index contributed by atoms with van der Waals surface area (Å²) in [6, 6.07) is 12.3. The first kappa shape index (κ1) is 34.0. The molecule has 2 N–H and O–H groups in total. The van der Waals surface area contributed by atoms with E-state index >= 15 is 8.78 Å².